The summed E-state index contributed by atoms with van der Waals surface area (Å²) < 4.78 is 7.29. The normalized spacial score (nSPS) is 13.8. The standard InChI is InChI=1S/C89H65N7/c1-88(2)74-32-17-14-29-64(74)68-50-73-71-48-58(57-38-43-81-70(47-57)65-30-15-18-33-79(65)94(81)61-26-12-7-13-27-61)39-44-82(71)95(84(73)52-76(68)88)62-40-35-54(36-41-62)45-78(90)59-37-42-75-67(49-59)69-51-72-66-31-16-19-34-80(66)96(83(72)53-77(69)89(75,3)4)63-28-20-25-60(46-63)87-92-85(55-21-8-5-9-22-55)91-86(93-87)56-23-10-6-11-24-56/h5-44,46-53,78H,45,90H2,1-4H3. The fraction of sp³-hybridized carbons (Fsp3) is 0.0899. The summed E-state index contributed by atoms with van der Waals surface area (Å²) in [6.07, 6.45) is 0.692. The van der Waals surface area contributed by atoms with Crippen molar-refractivity contribution in [1.29, 1.82) is 0 Å². The van der Waals surface area contributed by atoms with Crippen LogP contribution >= 0.6 is 0 Å². The summed E-state index contributed by atoms with van der Waals surface area (Å²) in [5.74, 6) is 1.90. The van der Waals surface area contributed by atoms with Crippen LogP contribution in [0.25, 0.3) is 150 Å². The highest BCUT2D eigenvalue weighted by Gasteiger charge is 2.38. The Morgan fingerprint density at radius 3 is 1.33 bits per heavy atom. The zero-order valence-corrected chi connectivity index (χ0v) is 53.8. The molecule has 1 unspecified atom stereocenters. The topological polar surface area (TPSA) is 79.5 Å². The van der Waals surface area contributed by atoms with Crippen molar-refractivity contribution in [2.24, 2.45) is 5.73 Å². The van der Waals surface area contributed by atoms with Gasteiger partial charge in [-0.15, -0.1) is 0 Å². The fourth-order valence-corrected chi connectivity index (χ4v) is 16.3. The van der Waals surface area contributed by atoms with Gasteiger partial charge in [-0.25, -0.2) is 15.0 Å². The molecule has 0 amide bonds. The largest absolute Gasteiger partial charge is 0.324 e. The predicted octanol–water partition coefficient (Wildman–Crippen LogP) is 21.7. The van der Waals surface area contributed by atoms with Crippen LogP contribution in [0.2, 0.25) is 0 Å². The molecule has 456 valence electrons. The monoisotopic (exact) mass is 1230 g/mol. The molecule has 4 heterocycles. The second-order valence-corrected chi connectivity index (χ2v) is 27.3. The van der Waals surface area contributed by atoms with E-state index in [9.17, 15) is 0 Å². The molecule has 13 aromatic carbocycles. The van der Waals surface area contributed by atoms with E-state index in [-0.39, 0.29) is 16.9 Å². The third kappa shape index (κ3) is 8.53. The molecule has 0 bridgehead atoms. The lowest BCUT2D eigenvalue weighted by molar-refractivity contribution is 0.659. The first kappa shape index (κ1) is 55.8. The number of benzene rings is 13. The van der Waals surface area contributed by atoms with E-state index in [4.69, 9.17) is 20.7 Å². The van der Waals surface area contributed by atoms with Crippen molar-refractivity contribution in [3.05, 3.63) is 325 Å². The summed E-state index contributed by atoms with van der Waals surface area (Å²) in [4.78, 5) is 15.2. The number of fused-ring (bicyclic) bond motifs is 15. The van der Waals surface area contributed by atoms with Gasteiger partial charge in [0.1, 0.15) is 0 Å². The number of hydrogen-bond acceptors (Lipinski definition) is 4. The number of aromatic nitrogens is 6. The number of hydrogen-bond donors (Lipinski definition) is 1. The molecule has 0 spiro atoms. The molecule has 0 aliphatic heterocycles. The van der Waals surface area contributed by atoms with Gasteiger partial charge in [-0.2, -0.15) is 0 Å². The van der Waals surface area contributed by atoms with Crippen molar-refractivity contribution < 1.29 is 0 Å². The second-order valence-electron chi connectivity index (χ2n) is 27.3. The minimum absolute atomic E-state index is 0.155. The Bertz CT molecular complexity index is 5990. The third-order valence-corrected chi connectivity index (χ3v) is 21.1. The highest BCUT2D eigenvalue weighted by molar-refractivity contribution is 6.15. The van der Waals surface area contributed by atoms with Crippen molar-refractivity contribution in [1.82, 2.24) is 28.7 Å². The molecule has 2 N–H and O–H groups in total. The number of nitrogens with zero attached hydrogens (tertiary/aromatic N) is 6. The maximum absolute atomic E-state index is 7.39. The molecule has 17 aromatic rings. The molecule has 0 radical (unpaired) electrons. The van der Waals surface area contributed by atoms with Gasteiger partial charge in [0.2, 0.25) is 0 Å². The van der Waals surface area contributed by atoms with Gasteiger partial charge in [-0.3, -0.25) is 0 Å². The van der Waals surface area contributed by atoms with E-state index in [2.05, 4.69) is 296 Å². The zero-order chi connectivity index (χ0) is 64.1. The molecule has 96 heavy (non-hydrogen) atoms. The van der Waals surface area contributed by atoms with Crippen LogP contribution in [0.3, 0.4) is 0 Å². The fourth-order valence-electron chi connectivity index (χ4n) is 16.3. The van der Waals surface area contributed by atoms with E-state index < -0.39 is 0 Å². The van der Waals surface area contributed by atoms with Crippen LogP contribution in [0, 0.1) is 0 Å². The Kier molecular flexibility index (Phi) is 12.3. The molecule has 7 heteroatoms. The number of para-hydroxylation sites is 3. The first-order chi connectivity index (χ1) is 47.0. The van der Waals surface area contributed by atoms with Gasteiger partial charge in [-0.05, 0) is 176 Å². The average molecular weight is 1230 g/mol. The van der Waals surface area contributed by atoms with Crippen LogP contribution in [0.4, 0.5) is 0 Å². The molecule has 2 aliphatic carbocycles. The second kappa shape index (κ2) is 21.1. The van der Waals surface area contributed by atoms with E-state index in [1.165, 1.54) is 116 Å². The number of nitrogens with two attached hydrogens (primary N) is 1. The molecule has 7 nitrogen and oxygen atoms in total. The predicted molar refractivity (Wildman–Crippen MR) is 397 cm³/mol. The summed E-state index contributed by atoms with van der Waals surface area (Å²) in [5.41, 5.74) is 35.4. The lowest BCUT2D eigenvalue weighted by Crippen LogP contribution is -2.16. The van der Waals surface area contributed by atoms with Crippen LogP contribution in [0.1, 0.15) is 67.1 Å². The molecule has 0 saturated carbocycles. The van der Waals surface area contributed by atoms with Crippen LogP contribution in [0.15, 0.2) is 291 Å². The Balaban J connectivity index is 0.663. The maximum atomic E-state index is 7.39. The van der Waals surface area contributed by atoms with Gasteiger partial charge < -0.3 is 19.4 Å². The van der Waals surface area contributed by atoms with Gasteiger partial charge in [0, 0.05) is 82.9 Å². The maximum Gasteiger partial charge on any atom is 0.164 e. The van der Waals surface area contributed by atoms with Crippen molar-refractivity contribution in [3.8, 4) is 84.6 Å². The summed E-state index contributed by atoms with van der Waals surface area (Å²) in [6.45, 7) is 9.48. The molecule has 4 aromatic heterocycles. The van der Waals surface area contributed by atoms with E-state index in [0.29, 0.717) is 23.9 Å². The summed E-state index contributed by atoms with van der Waals surface area (Å²) in [6, 6.07) is 106. The lowest BCUT2D eigenvalue weighted by atomic mass is 9.82. The Morgan fingerprint density at radius 2 is 0.719 bits per heavy atom. The highest BCUT2D eigenvalue weighted by Crippen LogP contribution is 2.54. The van der Waals surface area contributed by atoms with Crippen molar-refractivity contribution in [3.63, 3.8) is 0 Å². The van der Waals surface area contributed by atoms with Gasteiger partial charge in [0.25, 0.3) is 0 Å². The van der Waals surface area contributed by atoms with E-state index in [1.807, 2.05) is 36.4 Å². The SMILES string of the molecule is CC1(C)c2ccc(C(N)Cc3ccc(-n4c5ccc(-c6ccc7c(c6)c6ccccc6n7-c6ccccc6)cc5c5cc6c(cc54)C(C)(C)c4ccccc4-6)cc3)cc2-c2cc3c4ccccc4n(-c4cccc(-c5nc(-c6ccccc6)nc(-c6ccccc6)n5)c4)c3cc21. The summed E-state index contributed by atoms with van der Waals surface area (Å²) in [7, 11) is 0. The van der Waals surface area contributed by atoms with Crippen LogP contribution in [0.5, 0.6) is 0 Å². The van der Waals surface area contributed by atoms with Gasteiger partial charge in [0.05, 0.1) is 33.1 Å². The van der Waals surface area contributed by atoms with Gasteiger partial charge in [-0.1, -0.05) is 216 Å². The first-order valence-corrected chi connectivity index (χ1v) is 33.4. The molecule has 19 rings (SSSR count). The minimum Gasteiger partial charge on any atom is -0.324 e. The lowest BCUT2D eigenvalue weighted by Gasteiger charge is -2.22. The first-order valence-electron chi connectivity index (χ1n) is 33.4. The molecular weight excluding hydrogens is 1170 g/mol. The summed E-state index contributed by atoms with van der Waals surface area (Å²) >= 11 is 0. The Labute approximate surface area is 556 Å². The van der Waals surface area contributed by atoms with Crippen LogP contribution < -0.4 is 5.73 Å². The molecule has 2 aliphatic rings. The highest BCUT2D eigenvalue weighted by atomic mass is 15.0. The van der Waals surface area contributed by atoms with E-state index >= 15 is 0 Å². The Morgan fingerprint density at radius 1 is 0.292 bits per heavy atom. The minimum atomic E-state index is -0.263. The quantitative estimate of drug-likeness (QED) is 0.148. The molecule has 0 fully saturated rings. The molecule has 1 atom stereocenters. The van der Waals surface area contributed by atoms with Crippen molar-refractivity contribution in [2.45, 2.75) is 51.0 Å². The van der Waals surface area contributed by atoms with E-state index in [0.717, 1.165) is 50.3 Å². The summed E-state index contributed by atoms with van der Waals surface area (Å²) in [5, 5.41) is 7.37. The third-order valence-electron chi connectivity index (χ3n) is 21.1. The zero-order valence-electron chi connectivity index (χ0n) is 53.8. The van der Waals surface area contributed by atoms with E-state index in [1.54, 1.807) is 0 Å². The van der Waals surface area contributed by atoms with Crippen molar-refractivity contribution in [2.75, 3.05) is 0 Å². The smallest absolute Gasteiger partial charge is 0.164 e. The van der Waals surface area contributed by atoms with Gasteiger partial charge in [0.15, 0.2) is 17.5 Å². The van der Waals surface area contributed by atoms with Crippen molar-refractivity contribution >= 4 is 65.4 Å². The van der Waals surface area contributed by atoms with Crippen LogP contribution in [-0.4, -0.2) is 28.7 Å². The number of rotatable bonds is 10. The Hall–Kier alpha value is -11.8. The van der Waals surface area contributed by atoms with Gasteiger partial charge >= 0.3 is 0 Å². The average Bonchev–Trinajstić information content (AvgIpc) is 1.56. The molecule has 0 saturated heterocycles. The molecular formula is C89H65N7. The van der Waals surface area contributed by atoms with Crippen LogP contribution in [-0.2, 0) is 17.3 Å².